The molecule has 6 nitrogen and oxygen atoms in total. The summed E-state index contributed by atoms with van der Waals surface area (Å²) < 4.78 is 5.14. The molecule has 0 aliphatic heterocycles. The number of anilines is 3. The summed E-state index contributed by atoms with van der Waals surface area (Å²) in [4.78, 5) is 17.4. The molecule has 20 heavy (non-hydrogen) atoms. The van der Waals surface area contributed by atoms with Crippen LogP contribution >= 0.6 is 0 Å². The molecule has 0 bridgehead atoms. The van der Waals surface area contributed by atoms with E-state index in [1.807, 2.05) is 0 Å². The lowest BCUT2D eigenvalue weighted by Crippen LogP contribution is -2.23. The number of methoxy groups -OCH3 is 1. The van der Waals surface area contributed by atoms with Crippen LogP contribution in [0.1, 0.15) is 6.92 Å². The van der Waals surface area contributed by atoms with Crippen molar-refractivity contribution in [1.82, 2.24) is 4.98 Å². The van der Waals surface area contributed by atoms with E-state index in [1.165, 1.54) is 30.2 Å². The number of rotatable bonds is 4. The molecule has 2 rings (SSSR count). The maximum atomic E-state index is 11.9. The molecule has 0 spiro atoms. The maximum Gasteiger partial charge on any atom is 0.229 e. The third kappa shape index (κ3) is 2.86. The van der Waals surface area contributed by atoms with Gasteiger partial charge < -0.3 is 15.4 Å². The SMILES string of the molecule is COc1cccc(N(C(C)=O)c2cc(N[O-])ccn2)c1. The molecule has 104 valence electrons. The van der Waals surface area contributed by atoms with Gasteiger partial charge in [0.25, 0.3) is 0 Å². The second-order valence-electron chi connectivity index (χ2n) is 4.06. The molecule has 0 unspecified atom stereocenters. The Bertz CT molecular complexity index is 569. The lowest BCUT2D eigenvalue weighted by molar-refractivity contribution is -0.115. The number of carbonyl (C=O) groups is 1. The topological polar surface area (TPSA) is 77.5 Å². The zero-order valence-electron chi connectivity index (χ0n) is 11.2. The van der Waals surface area contributed by atoms with E-state index in [-0.39, 0.29) is 5.91 Å². The zero-order valence-corrected chi connectivity index (χ0v) is 11.2. The Kier molecular flexibility index (Phi) is 4.17. The highest BCUT2D eigenvalue weighted by Gasteiger charge is 2.16. The number of carbonyl (C=O) groups excluding carboxylic acids is 1. The Morgan fingerprint density at radius 1 is 1.35 bits per heavy atom. The van der Waals surface area contributed by atoms with Crippen LogP contribution < -0.4 is 15.1 Å². The molecule has 1 aromatic heterocycles. The van der Waals surface area contributed by atoms with Crippen LogP contribution in [0.3, 0.4) is 0 Å². The molecule has 2 aromatic rings. The summed E-state index contributed by atoms with van der Waals surface area (Å²) in [5.41, 5.74) is 2.74. The molecule has 0 atom stereocenters. The van der Waals surface area contributed by atoms with Crippen molar-refractivity contribution in [2.75, 3.05) is 17.5 Å². The van der Waals surface area contributed by atoms with Gasteiger partial charge in [-0.25, -0.2) is 4.98 Å². The minimum absolute atomic E-state index is 0.214. The zero-order chi connectivity index (χ0) is 14.5. The third-order valence-electron chi connectivity index (χ3n) is 2.72. The summed E-state index contributed by atoms with van der Waals surface area (Å²) in [6.07, 6.45) is 1.46. The van der Waals surface area contributed by atoms with Gasteiger partial charge >= 0.3 is 0 Å². The lowest BCUT2D eigenvalue weighted by Gasteiger charge is -2.22. The van der Waals surface area contributed by atoms with Crippen LogP contribution in [0.15, 0.2) is 42.6 Å². The van der Waals surface area contributed by atoms with Crippen molar-refractivity contribution in [2.24, 2.45) is 0 Å². The van der Waals surface area contributed by atoms with E-state index in [9.17, 15) is 10.0 Å². The van der Waals surface area contributed by atoms with Crippen LogP contribution in [0.5, 0.6) is 5.75 Å². The molecule has 1 aromatic carbocycles. The van der Waals surface area contributed by atoms with Gasteiger partial charge in [0.15, 0.2) is 0 Å². The Hall–Kier alpha value is -2.60. The summed E-state index contributed by atoms with van der Waals surface area (Å²) in [6.45, 7) is 1.43. The summed E-state index contributed by atoms with van der Waals surface area (Å²) >= 11 is 0. The van der Waals surface area contributed by atoms with Crippen molar-refractivity contribution in [3.05, 3.63) is 47.8 Å². The first-order valence-electron chi connectivity index (χ1n) is 5.94. The van der Waals surface area contributed by atoms with Gasteiger partial charge in [-0.3, -0.25) is 9.69 Å². The van der Waals surface area contributed by atoms with Crippen molar-refractivity contribution >= 4 is 23.1 Å². The van der Waals surface area contributed by atoms with Crippen LogP contribution in [0.4, 0.5) is 17.2 Å². The molecular weight excluding hydrogens is 258 g/mol. The smallest absolute Gasteiger partial charge is 0.229 e. The molecular formula is C14H14N3O3-. The Balaban J connectivity index is 2.47. The standard InChI is InChI=1S/C14H14N3O3/c1-10(18)17(12-4-3-5-13(9-12)20-2)14-8-11(16-19)6-7-15-14/h3-9H,1-2H3,(H-,15,16,19)/q-1. The van der Waals surface area contributed by atoms with Gasteiger partial charge in [0.05, 0.1) is 12.8 Å². The molecule has 0 aliphatic rings. The van der Waals surface area contributed by atoms with Crippen molar-refractivity contribution < 1.29 is 9.53 Å². The highest BCUT2D eigenvalue weighted by Crippen LogP contribution is 2.28. The third-order valence-corrected chi connectivity index (χ3v) is 2.72. The lowest BCUT2D eigenvalue weighted by atomic mass is 10.2. The number of pyridine rings is 1. The van der Waals surface area contributed by atoms with E-state index in [4.69, 9.17) is 4.74 Å². The fourth-order valence-corrected chi connectivity index (χ4v) is 1.83. The number of benzene rings is 1. The number of nitrogens with one attached hydrogen (secondary N) is 1. The minimum Gasteiger partial charge on any atom is -0.761 e. The van der Waals surface area contributed by atoms with Crippen molar-refractivity contribution in [1.29, 1.82) is 0 Å². The first kappa shape index (κ1) is 13.8. The number of hydrogen-bond acceptors (Lipinski definition) is 5. The minimum atomic E-state index is -0.214. The molecule has 1 amide bonds. The largest absolute Gasteiger partial charge is 0.761 e. The Labute approximate surface area is 116 Å². The summed E-state index contributed by atoms with van der Waals surface area (Å²) in [5, 5.41) is 10.7. The van der Waals surface area contributed by atoms with Crippen molar-refractivity contribution in [3.8, 4) is 5.75 Å². The van der Waals surface area contributed by atoms with Gasteiger partial charge in [-0.2, -0.15) is 0 Å². The summed E-state index contributed by atoms with van der Waals surface area (Å²) in [6, 6.07) is 10.1. The van der Waals surface area contributed by atoms with Gasteiger partial charge in [0, 0.05) is 30.9 Å². The summed E-state index contributed by atoms with van der Waals surface area (Å²) in [7, 11) is 1.55. The van der Waals surface area contributed by atoms with Gasteiger partial charge in [-0.1, -0.05) is 6.07 Å². The quantitative estimate of drug-likeness (QED) is 0.866. The fraction of sp³-hybridized carbons (Fsp3) is 0.143. The van der Waals surface area contributed by atoms with Gasteiger partial charge in [-0.05, 0) is 18.2 Å². The van der Waals surface area contributed by atoms with E-state index in [2.05, 4.69) is 4.98 Å². The van der Waals surface area contributed by atoms with Crippen molar-refractivity contribution in [3.63, 3.8) is 0 Å². The number of aromatic nitrogens is 1. The Morgan fingerprint density at radius 2 is 2.15 bits per heavy atom. The number of hydrogen-bond donors (Lipinski definition) is 1. The maximum absolute atomic E-state index is 11.9. The monoisotopic (exact) mass is 272 g/mol. The van der Waals surface area contributed by atoms with Gasteiger partial charge in [0.2, 0.25) is 5.91 Å². The molecule has 0 fully saturated rings. The van der Waals surface area contributed by atoms with Crippen LogP contribution in [0, 0.1) is 5.21 Å². The molecule has 0 saturated heterocycles. The first-order chi connectivity index (χ1) is 9.65. The van der Waals surface area contributed by atoms with Crippen LogP contribution in [0.25, 0.3) is 0 Å². The predicted molar refractivity (Wildman–Crippen MR) is 77.0 cm³/mol. The summed E-state index contributed by atoms with van der Waals surface area (Å²) in [5.74, 6) is 0.784. The normalized spacial score (nSPS) is 9.95. The van der Waals surface area contributed by atoms with Gasteiger partial charge in [-0.15, -0.1) is 0 Å². The Morgan fingerprint density at radius 3 is 2.80 bits per heavy atom. The van der Waals surface area contributed by atoms with E-state index >= 15 is 0 Å². The highest BCUT2D eigenvalue weighted by atomic mass is 16.5. The number of amides is 1. The predicted octanol–water partition coefficient (Wildman–Crippen LogP) is 2.68. The molecule has 1 N–H and O–H groups in total. The molecule has 0 saturated carbocycles. The van der Waals surface area contributed by atoms with Crippen LogP contribution in [-0.4, -0.2) is 18.0 Å². The molecule has 1 heterocycles. The highest BCUT2D eigenvalue weighted by molar-refractivity contribution is 5.98. The van der Waals surface area contributed by atoms with Gasteiger partial charge in [0.1, 0.15) is 11.6 Å². The van der Waals surface area contributed by atoms with E-state index in [1.54, 1.807) is 36.9 Å². The van der Waals surface area contributed by atoms with E-state index < -0.39 is 0 Å². The molecule has 0 radical (unpaired) electrons. The van der Waals surface area contributed by atoms with E-state index in [0.717, 1.165) is 0 Å². The van der Waals surface area contributed by atoms with Crippen LogP contribution in [-0.2, 0) is 4.79 Å². The second-order valence-corrected chi connectivity index (χ2v) is 4.06. The number of nitrogens with zero attached hydrogens (tertiary/aromatic N) is 2. The average molecular weight is 272 g/mol. The molecule has 6 heteroatoms. The molecule has 0 aliphatic carbocycles. The second kappa shape index (κ2) is 6.03. The average Bonchev–Trinajstić information content (AvgIpc) is 2.47. The van der Waals surface area contributed by atoms with Crippen molar-refractivity contribution in [2.45, 2.75) is 6.92 Å². The fourth-order valence-electron chi connectivity index (χ4n) is 1.83. The van der Waals surface area contributed by atoms with Crippen LogP contribution in [0.2, 0.25) is 0 Å². The first-order valence-corrected chi connectivity index (χ1v) is 5.94. The number of ether oxygens (including phenoxy) is 1. The van der Waals surface area contributed by atoms with E-state index in [0.29, 0.717) is 22.9 Å².